The molecule has 5 nitrogen and oxygen atoms in total. The molecule has 4 rings (SSSR count). The number of hydrogen-bond donors (Lipinski definition) is 0. The quantitative estimate of drug-likeness (QED) is 0.631. The lowest BCUT2D eigenvalue weighted by molar-refractivity contribution is -0.132. The van der Waals surface area contributed by atoms with Crippen LogP contribution in [0.1, 0.15) is 11.1 Å². The van der Waals surface area contributed by atoms with Crippen LogP contribution in [-0.2, 0) is 27.6 Å². The molecule has 6 heteroatoms. The van der Waals surface area contributed by atoms with Crippen LogP contribution in [-0.4, -0.2) is 35.6 Å². The van der Waals surface area contributed by atoms with Gasteiger partial charge < -0.3 is 9.47 Å². The molecule has 1 aromatic heterocycles. The normalized spacial score (nSPS) is 17.3. The lowest BCUT2D eigenvalue weighted by Gasteiger charge is -2.28. The minimum absolute atomic E-state index is 0.0574. The van der Waals surface area contributed by atoms with E-state index >= 15 is 0 Å². The van der Waals surface area contributed by atoms with Crippen molar-refractivity contribution in [2.75, 3.05) is 5.75 Å². The molecule has 0 fully saturated rings. The number of aromatic nitrogens is 1. The third kappa shape index (κ3) is 4.66. The van der Waals surface area contributed by atoms with Crippen molar-refractivity contribution in [2.24, 2.45) is 0 Å². The molecule has 0 saturated heterocycles. The molecule has 29 heavy (non-hydrogen) atoms. The molecule has 1 aliphatic rings. The summed E-state index contributed by atoms with van der Waals surface area (Å²) in [5.74, 6) is -0.146. The molecule has 3 aromatic rings. The Hall–Kier alpha value is -3.12. The van der Waals surface area contributed by atoms with Gasteiger partial charge in [0.2, 0.25) is 5.91 Å². The lowest BCUT2D eigenvalue weighted by Crippen LogP contribution is -2.41. The summed E-state index contributed by atoms with van der Waals surface area (Å²) in [6.45, 7) is 0.381. The van der Waals surface area contributed by atoms with Crippen LogP contribution in [0, 0.1) is 0 Å². The number of amides is 1. The maximum atomic E-state index is 13.1. The third-order valence-electron chi connectivity index (χ3n) is 5.02. The van der Waals surface area contributed by atoms with Gasteiger partial charge in [0.1, 0.15) is 0 Å². The van der Waals surface area contributed by atoms with Crippen LogP contribution in [0.3, 0.4) is 0 Å². The van der Waals surface area contributed by atoms with Crippen molar-refractivity contribution >= 4 is 15.7 Å². The second-order valence-electron chi connectivity index (χ2n) is 7.17. The van der Waals surface area contributed by atoms with E-state index in [1.807, 2.05) is 83.7 Å². The Balaban J connectivity index is 1.52. The number of benzene rings is 2. The fraction of sp³-hybridized carbons (Fsp3) is 0.174. The van der Waals surface area contributed by atoms with Crippen molar-refractivity contribution in [3.63, 3.8) is 0 Å². The predicted octanol–water partition coefficient (Wildman–Crippen LogP) is 3.36. The average Bonchev–Trinajstić information content (AvgIpc) is 3.37. The second-order valence-corrected chi connectivity index (χ2v) is 9.10. The first-order valence-electron chi connectivity index (χ1n) is 9.47. The third-order valence-corrected chi connectivity index (χ3v) is 6.40. The first kappa shape index (κ1) is 19.2. The van der Waals surface area contributed by atoms with Gasteiger partial charge in [0.25, 0.3) is 0 Å². The predicted molar refractivity (Wildman–Crippen MR) is 113 cm³/mol. The minimum atomic E-state index is -3.25. The first-order chi connectivity index (χ1) is 14.0. The zero-order valence-corrected chi connectivity index (χ0v) is 16.7. The van der Waals surface area contributed by atoms with E-state index in [0.717, 1.165) is 16.8 Å². The highest BCUT2D eigenvalue weighted by Gasteiger charge is 2.30. The van der Waals surface area contributed by atoms with Crippen molar-refractivity contribution < 1.29 is 13.2 Å². The molecule has 0 N–H and O–H groups in total. The van der Waals surface area contributed by atoms with Gasteiger partial charge in [-0.2, -0.15) is 0 Å². The van der Waals surface area contributed by atoms with Gasteiger partial charge in [0.05, 0.1) is 18.2 Å². The molecule has 0 spiro atoms. The van der Waals surface area contributed by atoms with Crippen LogP contribution < -0.4 is 0 Å². The van der Waals surface area contributed by atoms with Crippen molar-refractivity contribution in [3.8, 4) is 5.69 Å². The summed E-state index contributed by atoms with van der Waals surface area (Å²) >= 11 is 0. The smallest absolute Gasteiger partial charge is 0.227 e. The van der Waals surface area contributed by atoms with Gasteiger partial charge in [-0.05, 0) is 41.5 Å². The van der Waals surface area contributed by atoms with Crippen LogP contribution in [0.5, 0.6) is 0 Å². The lowest BCUT2D eigenvalue weighted by atomic mass is 10.1. The molecule has 1 unspecified atom stereocenters. The maximum absolute atomic E-state index is 13.1. The number of carbonyl (C=O) groups excluding carboxylic acids is 1. The van der Waals surface area contributed by atoms with Crippen LogP contribution in [0.4, 0.5) is 0 Å². The number of carbonyl (C=O) groups is 1. The van der Waals surface area contributed by atoms with Gasteiger partial charge in [-0.15, -0.1) is 0 Å². The zero-order valence-electron chi connectivity index (χ0n) is 15.9. The van der Waals surface area contributed by atoms with E-state index in [2.05, 4.69) is 0 Å². The summed E-state index contributed by atoms with van der Waals surface area (Å²) in [6, 6.07) is 21.0. The van der Waals surface area contributed by atoms with Gasteiger partial charge in [0.15, 0.2) is 9.84 Å². The van der Waals surface area contributed by atoms with Gasteiger partial charge in [-0.1, -0.05) is 42.5 Å². The Morgan fingerprint density at radius 1 is 0.931 bits per heavy atom. The van der Waals surface area contributed by atoms with Crippen molar-refractivity contribution in [3.05, 3.63) is 102 Å². The summed E-state index contributed by atoms with van der Waals surface area (Å²) in [5, 5.41) is 1.22. The molecule has 148 valence electrons. The van der Waals surface area contributed by atoms with Gasteiger partial charge >= 0.3 is 0 Å². The van der Waals surface area contributed by atoms with Crippen LogP contribution in [0.25, 0.3) is 5.69 Å². The Morgan fingerprint density at radius 2 is 1.62 bits per heavy atom. The Bertz CT molecular complexity index is 1100. The molecule has 0 saturated carbocycles. The van der Waals surface area contributed by atoms with Crippen LogP contribution in [0.2, 0.25) is 0 Å². The molecule has 0 bridgehead atoms. The van der Waals surface area contributed by atoms with E-state index in [9.17, 15) is 13.2 Å². The fourth-order valence-electron chi connectivity index (χ4n) is 3.49. The Labute approximate surface area is 170 Å². The first-order valence-corrected chi connectivity index (χ1v) is 11.2. The van der Waals surface area contributed by atoms with Gasteiger partial charge in [0, 0.05) is 30.0 Å². The van der Waals surface area contributed by atoms with Crippen molar-refractivity contribution in [1.82, 2.24) is 9.47 Å². The molecule has 1 amide bonds. The maximum Gasteiger partial charge on any atom is 0.227 e. The van der Waals surface area contributed by atoms with E-state index in [4.69, 9.17) is 0 Å². The largest absolute Gasteiger partial charge is 0.331 e. The highest BCUT2D eigenvalue weighted by molar-refractivity contribution is 7.94. The summed E-state index contributed by atoms with van der Waals surface area (Å²) in [5.41, 5.74) is 2.90. The van der Waals surface area contributed by atoms with E-state index in [1.54, 1.807) is 11.0 Å². The molecule has 1 atom stereocenters. The molecule has 2 aromatic carbocycles. The fourth-order valence-corrected chi connectivity index (χ4v) is 4.79. The number of hydrogen-bond acceptors (Lipinski definition) is 3. The number of nitrogens with zero attached hydrogens (tertiary/aromatic N) is 2. The van der Waals surface area contributed by atoms with Crippen molar-refractivity contribution in [1.29, 1.82) is 0 Å². The SMILES string of the molecule is O=C(Cc1ccc(-n2cccc2)cc1)N(Cc1ccccc1)C1C=CS(=O)(=O)C1. The molecule has 2 heterocycles. The van der Waals surface area contributed by atoms with E-state index in [-0.39, 0.29) is 18.1 Å². The van der Waals surface area contributed by atoms with E-state index in [1.165, 1.54) is 5.41 Å². The second kappa shape index (κ2) is 8.09. The van der Waals surface area contributed by atoms with Crippen LogP contribution >= 0.6 is 0 Å². The average molecular weight is 407 g/mol. The summed E-state index contributed by atoms with van der Waals surface area (Å²) in [4.78, 5) is 14.8. The van der Waals surface area contributed by atoms with Gasteiger partial charge in [-0.3, -0.25) is 4.79 Å². The molecular weight excluding hydrogens is 384 g/mol. The highest BCUT2D eigenvalue weighted by atomic mass is 32.2. The highest BCUT2D eigenvalue weighted by Crippen LogP contribution is 2.20. The molecule has 0 aliphatic carbocycles. The van der Waals surface area contributed by atoms with Crippen LogP contribution in [0.15, 0.2) is 90.6 Å². The number of sulfone groups is 1. The minimum Gasteiger partial charge on any atom is -0.331 e. The standard InChI is InChI=1S/C23H22N2O3S/c26-23(16-19-8-10-21(11-9-19)24-13-4-5-14-24)25(17-20-6-2-1-3-7-20)22-12-15-29(27,28)18-22/h1-15,22H,16-18H2. The van der Waals surface area contributed by atoms with E-state index < -0.39 is 15.9 Å². The monoisotopic (exact) mass is 406 g/mol. The summed E-state index contributed by atoms with van der Waals surface area (Å²) < 4.78 is 25.8. The number of rotatable bonds is 6. The van der Waals surface area contributed by atoms with Gasteiger partial charge in [-0.25, -0.2) is 8.42 Å². The Kier molecular flexibility index (Phi) is 5.36. The topological polar surface area (TPSA) is 59.4 Å². The molecule has 1 aliphatic heterocycles. The zero-order chi connectivity index (χ0) is 20.3. The Morgan fingerprint density at radius 3 is 2.24 bits per heavy atom. The summed E-state index contributed by atoms with van der Waals surface area (Å²) in [7, 11) is -3.25. The molecule has 0 radical (unpaired) electrons. The van der Waals surface area contributed by atoms with Crippen molar-refractivity contribution in [2.45, 2.75) is 19.0 Å². The van der Waals surface area contributed by atoms with E-state index in [0.29, 0.717) is 6.54 Å². The summed E-state index contributed by atoms with van der Waals surface area (Å²) in [6.07, 6.45) is 5.78. The molecular formula is C23H22N2O3S.